The Morgan fingerprint density at radius 1 is 0.821 bits per heavy atom. The maximum absolute atomic E-state index is 13.0. The third-order valence-corrected chi connectivity index (χ3v) is 7.47. The maximum Gasteiger partial charge on any atom is 0.123 e. The first-order valence-electron chi connectivity index (χ1n) is 12.2. The Kier molecular flexibility index (Phi) is 9.09. The minimum absolute atomic E-state index is 0.130. The van der Waals surface area contributed by atoms with Crippen LogP contribution in [0.2, 0.25) is 0 Å². The largest absolute Gasteiger partial charge is 0.207 e. The Balaban J connectivity index is 1.32. The van der Waals surface area contributed by atoms with E-state index >= 15 is 0 Å². The van der Waals surface area contributed by atoms with E-state index in [4.69, 9.17) is 0 Å². The molecule has 0 spiro atoms. The van der Waals surface area contributed by atoms with Gasteiger partial charge in [0.2, 0.25) is 0 Å². The molecule has 1 unspecified atom stereocenters. The lowest BCUT2D eigenvalue weighted by molar-refractivity contribution is 0.185. The number of hydrogen-bond acceptors (Lipinski definition) is 0. The van der Waals surface area contributed by atoms with E-state index in [0.29, 0.717) is 0 Å². The molecular formula is C27H41F. The van der Waals surface area contributed by atoms with E-state index in [1.54, 1.807) is 17.7 Å². The SMILES string of the molecule is CCCCCCCC1CCC(C2CC=C(CCc3ccc(F)cc3)CC2)CC1. The van der Waals surface area contributed by atoms with Crippen LogP contribution < -0.4 is 0 Å². The molecule has 1 aromatic rings. The average molecular weight is 385 g/mol. The zero-order chi connectivity index (χ0) is 19.6. The predicted octanol–water partition coefficient (Wildman–Crippen LogP) is 8.65. The minimum atomic E-state index is -0.130. The molecule has 156 valence electrons. The highest BCUT2D eigenvalue weighted by molar-refractivity contribution is 5.18. The second kappa shape index (κ2) is 11.8. The fourth-order valence-corrected chi connectivity index (χ4v) is 5.50. The Hall–Kier alpha value is -1.11. The first kappa shape index (κ1) is 21.6. The van der Waals surface area contributed by atoms with Gasteiger partial charge in [-0.15, -0.1) is 0 Å². The van der Waals surface area contributed by atoms with Crippen molar-refractivity contribution in [1.29, 1.82) is 0 Å². The molecule has 0 nitrogen and oxygen atoms in total. The van der Waals surface area contributed by atoms with Gasteiger partial charge in [0.15, 0.2) is 0 Å². The second-order valence-electron chi connectivity index (χ2n) is 9.51. The van der Waals surface area contributed by atoms with Crippen molar-refractivity contribution < 1.29 is 4.39 Å². The molecule has 1 aromatic carbocycles. The molecule has 0 bridgehead atoms. The predicted molar refractivity (Wildman–Crippen MR) is 119 cm³/mol. The van der Waals surface area contributed by atoms with Crippen LogP contribution in [-0.2, 0) is 6.42 Å². The van der Waals surface area contributed by atoms with Gasteiger partial charge in [0.1, 0.15) is 5.82 Å². The highest BCUT2D eigenvalue weighted by Crippen LogP contribution is 2.41. The maximum atomic E-state index is 13.0. The van der Waals surface area contributed by atoms with Gasteiger partial charge in [-0.3, -0.25) is 0 Å². The molecule has 28 heavy (non-hydrogen) atoms. The van der Waals surface area contributed by atoms with Crippen LogP contribution in [0.4, 0.5) is 4.39 Å². The molecule has 2 aliphatic carbocycles. The van der Waals surface area contributed by atoms with Crippen LogP contribution in [0.5, 0.6) is 0 Å². The Morgan fingerprint density at radius 2 is 1.57 bits per heavy atom. The summed E-state index contributed by atoms with van der Waals surface area (Å²) in [7, 11) is 0. The van der Waals surface area contributed by atoms with Crippen molar-refractivity contribution in [3.63, 3.8) is 0 Å². The van der Waals surface area contributed by atoms with Crippen LogP contribution in [0.3, 0.4) is 0 Å². The van der Waals surface area contributed by atoms with E-state index in [2.05, 4.69) is 13.0 Å². The van der Waals surface area contributed by atoms with Gasteiger partial charge in [0, 0.05) is 0 Å². The summed E-state index contributed by atoms with van der Waals surface area (Å²) in [4.78, 5) is 0. The average Bonchev–Trinajstić information content (AvgIpc) is 2.74. The van der Waals surface area contributed by atoms with E-state index in [1.807, 2.05) is 12.1 Å². The van der Waals surface area contributed by atoms with Crippen molar-refractivity contribution in [3.8, 4) is 0 Å². The summed E-state index contributed by atoms with van der Waals surface area (Å²) in [5.41, 5.74) is 2.90. The molecule has 3 rings (SSSR count). The first-order valence-corrected chi connectivity index (χ1v) is 12.2. The normalized spacial score (nSPS) is 25.5. The Bertz CT molecular complexity index is 577. The van der Waals surface area contributed by atoms with Gasteiger partial charge in [-0.1, -0.05) is 82.1 Å². The number of unbranched alkanes of at least 4 members (excludes halogenated alkanes) is 4. The van der Waals surface area contributed by atoms with Gasteiger partial charge in [0.25, 0.3) is 0 Å². The van der Waals surface area contributed by atoms with E-state index in [-0.39, 0.29) is 5.82 Å². The monoisotopic (exact) mass is 384 g/mol. The quantitative estimate of drug-likeness (QED) is 0.279. The van der Waals surface area contributed by atoms with Crippen molar-refractivity contribution in [3.05, 3.63) is 47.3 Å². The van der Waals surface area contributed by atoms with Gasteiger partial charge in [-0.25, -0.2) is 4.39 Å². The van der Waals surface area contributed by atoms with E-state index < -0.39 is 0 Å². The van der Waals surface area contributed by atoms with Crippen LogP contribution >= 0.6 is 0 Å². The van der Waals surface area contributed by atoms with E-state index in [0.717, 1.165) is 30.6 Å². The summed E-state index contributed by atoms with van der Waals surface area (Å²) < 4.78 is 13.0. The third kappa shape index (κ3) is 7.05. The molecule has 1 saturated carbocycles. The lowest BCUT2D eigenvalue weighted by Gasteiger charge is -2.35. The zero-order valence-electron chi connectivity index (χ0n) is 18.1. The number of allylic oxidation sites excluding steroid dienone is 2. The van der Waals surface area contributed by atoms with E-state index in [1.165, 1.54) is 89.0 Å². The summed E-state index contributed by atoms with van der Waals surface area (Å²) in [6, 6.07) is 7.04. The summed E-state index contributed by atoms with van der Waals surface area (Å²) in [5, 5.41) is 0. The zero-order valence-corrected chi connectivity index (χ0v) is 18.1. The molecule has 2 aliphatic rings. The van der Waals surface area contributed by atoms with Crippen LogP contribution in [0.25, 0.3) is 0 Å². The number of rotatable bonds is 10. The number of hydrogen-bond donors (Lipinski definition) is 0. The number of benzene rings is 1. The van der Waals surface area contributed by atoms with Gasteiger partial charge in [-0.2, -0.15) is 0 Å². The molecule has 1 fully saturated rings. The van der Waals surface area contributed by atoms with Gasteiger partial charge in [0.05, 0.1) is 0 Å². The van der Waals surface area contributed by atoms with Crippen LogP contribution in [-0.4, -0.2) is 0 Å². The lowest BCUT2D eigenvalue weighted by Crippen LogP contribution is -2.23. The second-order valence-corrected chi connectivity index (χ2v) is 9.51. The van der Waals surface area contributed by atoms with Crippen LogP contribution in [0.15, 0.2) is 35.9 Å². The molecule has 1 atom stereocenters. The molecule has 0 heterocycles. The van der Waals surface area contributed by atoms with Crippen molar-refractivity contribution >= 4 is 0 Å². The molecule has 0 amide bonds. The van der Waals surface area contributed by atoms with Crippen molar-refractivity contribution in [2.45, 2.75) is 103 Å². The minimum Gasteiger partial charge on any atom is -0.207 e. The molecular weight excluding hydrogens is 343 g/mol. The Labute approximate surface area is 173 Å². The van der Waals surface area contributed by atoms with Crippen molar-refractivity contribution in [1.82, 2.24) is 0 Å². The van der Waals surface area contributed by atoms with Crippen LogP contribution in [0.1, 0.15) is 102 Å². The summed E-state index contributed by atoms with van der Waals surface area (Å²) in [6.45, 7) is 2.30. The summed E-state index contributed by atoms with van der Waals surface area (Å²) in [6.07, 6.45) is 23.4. The fraction of sp³-hybridized carbons (Fsp3) is 0.704. The summed E-state index contributed by atoms with van der Waals surface area (Å²) >= 11 is 0. The lowest BCUT2D eigenvalue weighted by atomic mass is 9.70. The Morgan fingerprint density at radius 3 is 2.25 bits per heavy atom. The summed E-state index contributed by atoms with van der Waals surface area (Å²) in [5.74, 6) is 2.84. The molecule has 0 N–H and O–H groups in total. The fourth-order valence-electron chi connectivity index (χ4n) is 5.50. The van der Waals surface area contributed by atoms with Gasteiger partial charge < -0.3 is 0 Å². The molecule has 0 radical (unpaired) electrons. The van der Waals surface area contributed by atoms with Crippen molar-refractivity contribution in [2.75, 3.05) is 0 Å². The number of aryl methyl sites for hydroxylation is 1. The molecule has 0 saturated heterocycles. The third-order valence-electron chi connectivity index (χ3n) is 7.47. The highest BCUT2D eigenvalue weighted by Gasteiger charge is 2.28. The standard InChI is InChI=1S/C27H41F/c1-2-3-4-5-6-7-22-10-16-25(17-11-22)26-18-12-23(13-19-26)8-9-24-14-20-27(28)21-15-24/h12,14-15,20-22,25-26H,2-11,13,16-19H2,1H3. The van der Waals surface area contributed by atoms with Gasteiger partial charge >= 0.3 is 0 Å². The van der Waals surface area contributed by atoms with Crippen LogP contribution in [0, 0.1) is 23.6 Å². The van der Waals surface area contributed by atoms with Gasteiger partial charge in [-0.05, 0) is 80.4 Å². The number of halogens is 1. The first-order chi connectivity index (χ1) is 13.7. The topological polar surface area (TPSA) is 0 Å². The molecule has 1 heteroatoms. The molecule has 0 aliphatic heterocycles. The smallest absolute Gasteiger partial charge is 0.123 e. The molecule has 0 aromatic heterocycles. The highest BCUT2D eigenvalue weighted by atomic mass is 19.1. The van der Waals surface area contributed by atoms with E-state index in [9.17, 15) is 4.39 Å². The van der Waals surface area contributed by atoms with Crippen molar-refractivity contribution in [2.24, 2.45) is 17.8 Å².